The number of rotatable bonds is 2. The zero-order valence-electron chi connectivity index (χ0n) is 17.2. The van der Waals surface area contributed by atoms with E-state index in [0.29, 0.717) is 0 Å². The molecular weight excluding hydrogens is 394 g/mol. The predicted molar refractivity (Wildman–Crippen MR) is 121 cm³/mol. The minimum atomic E-state index is -0.0284. The lowest BCUT2D eigenvalue weighted by Crippen LogP contribution is -2.56. The molecule has 0 atom stereocenters. The van der Waals surface area contributed by atoms with Crippen LogP contribution in [0.15, 0.2) is 66.7 Å². The summed E-state index contributed by atoms with van der Waals surface area (Å²) < 4.78 is 2.24. The molecular formula is C25H26ClN3O. The van der Waals surface area contributed by atoms with Gasteiger partial charge in [0.1, 0.15) is 5.15 Å². The monoisotopic (exact) mass is 419 g/mol. The summed E-state index contributed by atoms with van der Waals surface area (Å²) in [6.07, 6.45) is 1.86. The van der Waals surface area contributed by atoms with Crippen LogP contribution in [-0.2, 0) is 12.1 Å². The topological polar surface area (TPSA) is 28.5 Å². The maximum absolute atomic E-state index is 13.1. The Labute approximate surface area is 182 Å². The van der Waals surface area contributed by atoms with E-state index in [2.05, 4.69) is 34.7 Å². The second-order valence-electron chi connectivity index (χ2n) is 8.38. The Morgan fingerprint density at radius 2 is 1.50 bits per heavy atom. The zero-order chi connectivity index (χ0) is 20.7. The average molecular weight is 420 g/mol. The van der Waals surface area contributed by atoms with Crippen molar-refractivity contribution in [3.8, 4) is 11.1 Å². The Hall–Kier alpha value is -2.56. The summed E-state index contributed by atoms with van der Waals surface area (Å²) >= 11 is 6.40. The van der Waals surface area contributed by atoms with Gasteiger partial charge < -0.3 is 9.47 Å². The molecule has 1 spiro atoms. The maximum Gasteiger partial charge on any atom is 0.253 e. The van der Waals surface area contributed by atoms with Crippen molar-refractivity contribution in [3.05, 3.63) is 83.1 Å². The summed E-state index contributed by atoms with van der Waals surface area (Å²) in [5, 5.41) is 0.814. The summed E-state index contributed by atoms with van der Waals surface area (Å²) in [4.78, 5) is 17.6. The summed E-state index contributed by atoms with van der Waals surface area (Å²) in [6.45, 7) is 3.42. The number of hydrogen-bond donors (Lipinski definition) is 0. The fourth-order valence-corrected chi connectivity index (χ4v) is 5.31. The number of amides is 1. The van der Waals surface area contributed by atoms with Crippen molar-refractivity contribution in [2.75, 3.05) is 26.7 Å². The fraction of sp³-hybridized carbons (Fsp3) is 0.320. The number of nitrogens with zero attached hydrogens (tertiary/aromatic N) is 3. The molecule has 0 radical (unpaired) electrons. The van der Waals surface area contributed by atoms with E-state index in [-0.39, 0.29) is 11.4 Å². The molecule has 4 nitrogen and oxygen atoms in total. The van der Waals surface area contributed by atoms with E-state index < -0.39 is 0 Å². The zero-order valence-corrected chi connectivity index (χ0v) is 18.0. The number of benzene rings is 2. The number of carbonyl (C=O) groups excluding carboxylic acids is 1. The van der Waals surface area contributed by atoms with E-state index in [4.69, 9.17) is 11.6 Å². The molecule has 154 valence electrons. The van der Waals surface area contributed by atoms with Crippen molar-refractivity contribution in [1.29, 1.82) is 0 Å². The number of fused-ring (bicyclic) bond motifs is 2. The lowest BCUT2D eigenvalue weighted by atomic mass is 9.81. The van der Waals surface area contributed by atoms with E-state index in [9.17, 15) is 4.79 Å². The van der Waals surface area contributed by atoms with E-state index in [1.807, 2.05) is 53.4 Å². The summed E-state index contributed by atoms with van der Waals surface area (Å²) in [5.41, 5.74) is 4.32. The lowest BCUT2D eigenvalue weighted by Gasteiger charge is -2.50. The molecule has 1 amide bonds. The first kappa shape index (κ1) is 19.4. The second-order valence-corrected chi connectivity index (χ2v) is 8.77. The number of aromatic nitrogens is 1. The molecule has 1 fully saturated rings. The molecule has 30 heavy (non-hydrogen) atoms. The highest BCUT2D eigenvalue weighted by molar-refractivity contribution is 6.29. The predicted octanol–water partition coefficient (Wildman–Crippen LogP) is 4.89. The molecule has 0 N–H and O–H groups in total. The molecule has 5 rings (SSSR count). The Bertz CT molecular complexity index is 1050. The van der Waals surface area contributed by atoms with Gasteiger partial charge in [-0.05, 0) is 55.3 Å². The van der Waals surface area contributed by atoms with E-state index in [0.717, 1.165) is 55.3 Å². The second kappa shape index (κ2) is 7.60. The molecule has 2 aromatic carbocycles. The molecule has 0 bridgehead atoms. The fourth-order valence-electron chi connectivity index (χ4n) is 5.07. The van der Waals surface area contributed by atoms with Gasteiger partial charge in [-0.25, -0.2) is 0 Å². The maximum atomic E-state index is 13.1. The molecule has 3 aromatic rings. The first-order chi connectivity index (χ1) is 14.6. The Morgan fingerprint density at radius 3 is 2.20 bits per heavy atom. The quantitative estimate of drug-likeness (QED) is 0.592. The van der Waals surface area contributed by atoms with Gasteiger partial charge >= 0.3 is 0 Å². The van der Waals surface area contributed by atoms with Crippen molar-refractivity contribution >= 4 is 17.5 Å². The number of likely N-dealkylation sites (N-methyl/N-ethyl adjacent to an activating group) is 1. The molecule has 0 unspecified atom stereocenters. The van der Waals surface area contributed by atoms with Gasteiger partial charge in [0.05, 0.1) is 5.54 Å². The first-order valence-electron chi connectivity index (χ1n) is 10.6. The standard InChI is InChI=1S/C25H26ClN3O/c1-27-17-18-29-22(11-12-23(29)26)25(27)13-15-28(16-14-25)24(30)21-9-7-20(8-10-21)19-5-3-2-4-6-19/h2-12H,13-18H2,1H3. The van der Waals surface area contributed by atoms with Crippen LogP contribution in [0.5, 0.6) is 0 Å². The van der Waals surface area contributed by atoms with Crippen LogP contribution in [0.25, 0.3) is 11.1 Å². The highest BCUT2D eigenvalue weighted by Crippen LogP contribution is 2.42. The van der Waals surface area contributed by atoms with Crippen LogP contribution >= 0.6 is 11.6 Å². The lowest BCUT2D eigenvalue weighted by molar-refractivity contribution is 0.0132. The summed E-state index contributed by atoms with van der Waals surface area (Å²) in [6, 6.07) is 22.4. The average Bonchev–Trinajstić information content (AvgIpc) is 3.19. The third-order valence-corrected chi connectivity index (χ3v) is 7.24. The van der Waals surface area contributed by atoms with Gasteiger partial charge in [0.2, 0.25) is 0 Å². The third-order valence-electron chi connectivity index (χ3n) is 6.91. The van der Waals surface area contributed by atoms with E-state index in [1.54, 1.807) is 0 Å². The Morgan fingerprint density at radius 1 is 0.833 bits per heavy atom. The summed E-state index contributed by atoms with van der Waals surface area (Å²) in [5.74, 6) is 0.122. The molecule has 2 aliphatic heterocycles. The van der Waals surface area contributed by atoms with Crippen LogP contribution in [0.3, 0.4) is 0 Å². The minimum Gasteiger partial charge on any atom is -0.338 e. The number of halogens is 1. The van der Waals surface area contributed by atoms with Crippen LogP contribution in [0.1, 0.15) is 28.9 Å². The molecule has 1 aromatic heterocycles. The van der Waals surface area contributed by atoms with Gasteiger partial charge in [-0.2, -0.15) is 0 Å². The van der Waals surface area contributed by atoms with Gasteiger partial charge in [-0.3, -0.25) is 9.69 Å². The van der Waals surface area contributed by atoms with Crippen molar-refractivity contribution in [1.82, 2.24) is 14.4 Å². The van der Waals surface area contributed by atoms with Crippen LogP contribution in [0.4, 0.5) is 0 Å². The highest BCUT2D eigenvalue weighted by atomic mass is 35.5. The normalized spacial score (nSPS) is 18.4. The smallest absolute Gasteiger partial charge is 0.253 e. The molecule has 2 aliphatic rings. The van der Waals surface area contributed by atoms with Crippen LogP contribution in [0.2, 0.25) is 5.15 Å². The molecule has 5 heteroatoms. The number of hydrogen-bond acceptors (Lipinski definition) is 2. The van der Waals surface area contributed by atoms with Crippen molar-refractivity contribution in [2.24, 2.45) is 0 Å². The van der Waals surface area contributed by atoms with Gasteiger partial charge in [0.15, 0.2) is 0 Å². The third kappa shape index (κ3) is 3.15. The largest absolute Gasteiger partial charge is 0.338 e. The number of likely N-dealkylation sites (tertiary alicyclic amines) is 1. The van der Waals surface area contributed by atoms with Gasteiger partial charge in [-0.15, -0.1) is 0 Å². The number of carbonyl (C=O) groups is 1. The van der Waals surface area contributed by atoms with Crippen LogP contribution in [0, 0.1) is 0 Å². The van der Waals surface area contributed by atoms with E-state index in [1.165, 1.54) is 11.3 Å². The molecule has 3 heterocycles. The Kier molecular flexibility index (Phi) is 4.92. The van der Waals surface area contributed by atoms with Gasteiger partial charge in [0, 0.05) is 37.4 Å². The molecule has 0 saturated carbocycles. The van der Waals surface area contributed by atoms with Crippen LogP contribution in [-0.4, -0.2) is 47.0 Å². The first-order valence-corrected chi connectivity index (χ1v) is 11.0. The molecule has 1 saturated heterocycles. The SMILES string of the molecule is CN1CCn2c(Cl)ccc2C12CCN(C(=O)c1ccc(-c3ccccc3)cc1)CC2. The van der Waals surface area contributed by atoms with Gasteiger partial charge in [0.25, 0.3) is 5.91 Å². The summed E-state index contributed by atoms with van der Waals surface area (Å²) in [7, 11) is 2.20. The highest BCUT2D eigenvalue weighted by Gasteiger charge is 2.44. The van der Waals surface area contributed by atoms with Crippen LogP contribution < -0.4 is 0 Å². The van der Waals surface area contributed by atoms with Crippen molar-refractivity contribution < 1.29 is 4.79 Å². The number of piperidine rings is 1. The minimum absolute atomic E-state index is 0.0284. The Balaban J connectivity index is 1.32. The van der Waals surface area contributed by atoms with E-state index >= 15 is 0 Å². The molecule has 0 aliphatic carbocycles. The van der Waals surface area contributed by atoms with Crippen molar-refractivity contribution in [2.45, 2.75) is 24.9 Å². The van der Waals surface area contributed by atoms with Gasteiger partial charge in [-0.1, -0.05) is 54.1 Å². The van der Waals surface area contributed by atoms with Crippen molar-refractivity contribution in [3.63, 3.8) is 0 Å².